The minimum Gasteiger partial charge on any atom is -0.493 e. The number of carbonyl (C=O) groups is 2. The Morgan fingerprint density at radius 2 is 1.57 bits per heavy atom. The molecule has 1 N–H and O–H groups in total. The van der Waals surface area contributed by atoms with Crippen LogP contribution in [0.2, 0.25) is 0 Å². The summed E-state index contributed by atoms with van der Waals surface area (Å²) in [6, 6.07) is 17.5. The van der Waals surface area contributed by atoms with Gasteiger partial charge in [0, 0.05) is 21.7 Å². The molecule has 0 aliphatic carbocycles. The average molecular weight is 539 g/mol. The molecular formula is C26H23BrN2O6. The highest BCUT2D eigenvalue weighted by molar-refractivity contribution is 9.10. The Morgan fingerprint density at radius 3 is 2.20 bits per heavy atom. The van der Waals surface area contributed by atoms with Crippen molar-refractivity contribution in [2.45, 2.75) is 0 Å². The Labute approximate surface area is 211 Å². The Hall–Kier alpha value is -4.11. The summed E-state index contributed by atoms with van der Waals surface area (Å²) in [5.74, 6) is 0.280. The van der Waals surface area contributed by atoms with Gasteiger partial charge in [-0.3, -0.25) is 4.79 Å². The van der Waals surface area contributed by atoms with Crippen LogP contribution in [0.25, 0.3) is 6.08 Å². The van der Waals surface area contributed by atoms with Crippen LogP contribution in [0.1, 0.15) is 21.5 Å². The minimum atomic E-state index is -0.549. The molecule has 1 amide bonds. The average Bonchev–Trinajstić information content (AvgIpc) is 2.88. The number of nitrogens with one attached hydrogen (secondary N) is 1. The molecule has 0 unspecified atom stereocenters. The SMILES string of the molecule is COc1cc(C(=O)NN=Cc2cc(Br)ccc2OC(=O)C=Cc2ccccc2)cc(OC)c1OC. The zero-order chi connectivity index (χ0) is 25.2. The lowest BCUT2D eigenvalue weighted by Crippen LogP contribution is -2.18. The molecule has 3 aromatic rings. The molecule has 0 atom stereocenters. The standard InChI is InChI=1S/C26H23BrN2O6/c1-32-22-14-18(15-23(33-2)25(22)34-3)26(31)29-28-16-19-13-20(27)10-11-21(19)35-24(30)12-9-17-7-5-4-6-8-17/h4-16H,1-3H3,(H,29,31). The lowest BCUT2D eigenvalue weighted by molar-refractivity contribution is -0.128. The van der Waals surface area contributed by atoms with Crippen LogP contribution in [0.4, 0.5) is 0 Å². The van der Waals surface area contributed by atoms with Gasteiger partial charge in [0.05, 0.1) is 27.5 Å². The number of halogens is 1. The van der Waals surface area contributed by atoms with Crippen LogP contribution in [-0.2, 0) is 4.79 Å². The highest BCUT2D eigenvalue weighted by Gasteiger charge is 2.17. The Kier molecular flexibility index (Phi) is 9.02. The smallest absolute Gasteiger partial charge is 0.336 e. The predicted octanol–water partition coefficient (Wildman–Crippen LogP) is 4.86. The first kappa shape index (κ1) is 25.5. The van der Waals surface area contributed by atoms with E-state index >= 15 is 0 Å². The van der Waals surface area contributed by atoms with E-state index in [4.69, 9.17) is 18.9 Å². The Morgan fingerprint density at radius 1 is 0.886 bits per heavy atom. The van der Waals surface area contributed by atoms with Gasteiger partial charge < -0.3 is 18.9 Å². The van der Waals surface area contributed by atoms with Crippen LogP contribution in [0.5, 0.6) is 23.0 Å². The van der Waals surface area contributed by atoms with Crippen molar-refractivity contribution >= 4 is 40.1 Å². The van der Waals surface area contributed by atoms with Gasteiger partial charge in [-0.05, 0) is 42.0 Å². The summed E-state index contributed by atoms with van der Waals surface area (Å²) in [4.78, 5) is 24.9. The molecule has 8 nitrogen and oxygen atoms in total. The molecule has 0 heterocycles. The van der Waals surface area contributed by atoms with Crippen LogP contribution in [0.15, 0.2) is 76.3 Å². The number of hydrogen-bond acceptors (Lipinski definition) is 7. The second kappa shape index (κ2) is 12.4. The van der Waals surface area contributed by atoms with Gasteiger partial charge in [-0.15, -0.1) is 0 Å². The molecule has 0 saturated heterocycles. The lowest BCUT2D eigenvalue weighted by atomic mass is 10.1. The molecule has 0 bridgehead atoms. The van der Waals surface area contributed by atoms with E-state index in [1.165, 1.54) is 45.8 Å². The van der Waals surface area contributed by atoms with E-state index in [-0.39, 0.29) is 11.3 Å². The normalized spacial score (nSPS) is 10.9. The molecule has 0 spiro atoms. The van der Waals surface area contributed by atoms with E-state index in [1.807, 2.05) is 30.3 Å². The summed E-state index contributed by atoms with van der Waals surface area (Å²) >= 11 is 3.38. The van der Waals surface area contributed by atoms with Gasteiger partial charge in [-0.25, -0.2) is 10.2 Å². The third-order valence-corrected chi connectivity index (χ3v) is 5.18. The van der Waals surface area contributed by atoms with Crippen molar-refractivity contribution < 1.29 is 28.5 Å². The first-order valence-corrected chi connectivity index (χ1v) is 11.1. The first-order valence-electron chi connectivity index (χ1n) is 10.3. The maximum atomic E-state index is 12.6. The fourth-order valence-corrected chi connectivity index (χ4v) is 3.40. The number of ether oxygens (including phenoxy) is 4. The summed E-state index contributed by atoms with van der Waals surface area (Å²) < 4.78 is 22.0. The molecule has 0 fully saturated rings. The quantitative estimate of drug-likeness (QED) is 0.137. The highest BCUT2D eigenvalue weighted by atomic mass is 79.9. The van der Waals surface area contributed by atoms with Crippen molar-refractivity contribution in [3.63, 3.8) is 0 Å². The summed E-state index contributed by atoms with van der Waals surface area (Å²) in [7, 11) is 4.40. The summed E-state index contributed by atoms with van der Waals surface area (Å²) in [5.41, 5.74) is 4.05. The Balaban J connectivity index is 1.73. The summed E-state index contributed by atoms with van der Waals surface area (Å²) in [6.45, 7) is 0. The summed E-state index contributed by atoms with van der Waals surface area (Å²) in [5, 5.41) is 4.01. The van der Waals surface area contributed by atoms with Crippen molar-refractivity contribution in [3.8, 4) is 23.0 Å². The fraction of sp³-hybridized carbons (Fsp3) is 0.115. The maximum Gasteiger partial charge on any atom is 0.336 e. The van der Waals surface area contributed by atoms with Crippen LogP contribution in [0, 0.1) is 0 Å². The first-order chi connectivity index (χ1) is 16.9. The van der Waals surface area contributed by atoms with Crippen LogP contribution < -0.4 is 24.4 Å². The number of rotatable bonds is 9. The number of methoxy groups -OCH3 is 3. The van der Waals surface area contributed by atoms with Gasteiger partial charge in [-0.2, -0.15) is 5.10 Å². The van der Waals surface area contributed by atoms with Gasteiger partial charge >= 0.3 is 5.97 Å². The number of hydrazone groups is 1. The van der Waals surface area contributed by atoms with E-state index in [1.54, 1.807) is 24.3 Å². The van der Waals surface area contributed by atoms with Crippen LogP contribution in [-0.4, -0.2) is 39.4 Å². The number of esters is 1. The minimum absolute atomic E-state index is 0.253. The molecule has 35 heavy (non-hydrogen) atoms. The monoisotopic (exact) mass is 538 g/mol. The molecule has 0 aliphatic heterocycles. The van der Waals surface area contributed by atoms with Gasteiger partial charge in [-0.1, -0.05) is 46.3 Å². The van der Waals surface area contributed by atoms with Gasteiger partial charge in [0.2, 0.25) is 5.75 Å². The van der Waals surface area contributed by atoms with Gasteiger partial charge in [0.1, 0.15) is 5.75 Å². The number of benzene rings is 3. The molecule has 0 aliphatic rings. The molecule has 3 rings (SSSR count). The van der Waals surface area contributed by atoms with Crippen molar-refractivity contribution in [1.82, 2.24) is 5.43 Å². The second-order valence-corrected chi connectivity index (χ2v) is 7.88. The number of amides is 1. The zero-order valence-corrected chi connectivity index (χ0v) is 20.9. The highest BCUT2D eigenvalue weighted by Crippen LogP contribution is 2.38. The van der Waals surface area contributed by atoms with Gasteiger partial charge in [0.15, 0.2) is 11.5 Å². The topological polar surface area (TPSA) is 95.5 Å². The molecule has 0 aromatic heterocycles. The van der Waals surface area contributed by atoms with E-state index in [0.717, 1.165) is 10.0 Å². The van der Waals surface area contributed by atoms with E-state index in [2.05, 4.69) is 26.5 Å². The van der Waals surface area contributed by atoms with E-state index in [0.29, 0.717) is 22.8 Å². The fourth-order valence-electron chi connectivity index (χ4n) is 3.02. The van der Waals surface area contributed by atoms with E-state index < -0.39 is 11.9 Å². The summed E-state index contributed by atoms with van der Waals surface area (Å²) in [6.07, 6.45) is 4.38. The van der Waals surface area contributed by atoms with Crippen LogP contribution >= 0.6 is 15.9 Å². The zero-order valence-electron chi connectivity index (χ0n) is 19.3. The third-order valence-electron chi connectivity index (χ3n) is 4.69. The molecule has 0 saturated carbocycles. The van der Waals surface area contributed by atoms with Crippen molar-refractivity contribution in [2.75, 3.05) is 21.3 Å². The largest absolute Gasteiger partial charge is 0.493 e. The maximum absolute atomic E-state index is 12.6. The molecule has 3 aromatic carbocycles. The third kappa shape index (κ3) is 6.94. The molecule has 180 valence electrons. The second-order valence-electron chi connectivity index (χ2n) is 6.96. The van der Waals surface area contributed by atoms with Crippen molar-refractivity contribution in [1.29, 1.82) is 0 Å². The van der Waals surface area contributed by atoms with E-state index in [9.17, 15) is 9.59 Å². The molecular weight excluding hydrogens is 516 g/mol. The number of nitrogens with zero attached hydrogens (tertiary/aromatic N) is 1. The van der Waals surface area contributed by atoms with Gasteiger partial charge in [0.25, 0.3) is 5.91 Å². The number of hydrogen-bond donors (Lipinski definition) is 1. The Bertz CT molecular complexity index is 1230. The predicted molar refractivity (Wildman–Crippen MR) is 136 cm³/mol. The van der Waals surface area contributed by atoms with Crippen molar-refractivity contribution in [3.05, 3.63) is 87.9 Å². The van der Waals surface area contributed by atoms with Crippen molar-refractivity contribution in [2.24, 2.45) is 5.10 Å². The number of carbonyl (C=O) groups excluding carboxylic acids is 2. The molecule has 9 heteroatoms. The molecule has 0 radical (unpaired) electrons. The lowest BCUT2D eigenvalue weighted by Gasteiger charge is -2.13. The van der Waals surface area contributed by atoms with Crippen LogP contribution in [0.3, 0.4) is 0 Å².